The van der Waals surface area contributed by atoms with E-state index in [-0.39, 0.29) is 0 Å². The van der Waals surface area contributed by atoms with E-state index in [2.05, 4.69) is 9.88 Å². The normalized spacial score (nSPS) is 12.5. The fourth-order valence-electron chi connectivity index (χ4n) is 1.73. The van der Waals surface area contributed by atoms with Gasteiger partial charge in [-0.05, 0) is 13.0 Å². The molecule has 0 saturated heterocycles. The molecule has 0 spiro atoms. The van der Waals surface area contributed by atoms with Gasteiger partial charge in [0.15, 0.2) is 0 Å². The van der Waals surface area contributed by atoms with E-state index in [0.29, 0.717) is 6.54 Å². The summed E-state index contributed by atoms with van der Waals surface area (Å²) >= 11 is 0. The van der Waals surface area contributed by atoms with Gasteiger partial charge in [-0.1, -0.05) is 0 Å². The molecular weight excluding hydrogens is 266 g/mol. The second-order valence-electron chi connectivity index (χ2n) is 4.24. The molecular formula is C10H29N3O3Si2. The molecule has 0 aliphatic carbocycles. The highest BCUT2D eigenvalue weighted by atomic mass is 28.4. The SMILES string of the molecule is CO[Si](CCCN([SiH3])CCNCCN)(OC)OC. The molecule has 8 heteroatoms. The Morgan fingerprint density at radius 3 is 2.22 bits per heavy atom. The van der Waals surface area contributed by atoms with Crippen molar-refractivity contribution in [1.29, 1.82) is 0 Å². The van der Waals surface area contributed by atoms with Crippen LogP contribution < -0.4 is 11.1 Å². The monoisotopic (exact) mass is 295 g/mol. The van der Waals surface area contributed by atoms with Gasteiger partial charge < -0.3 is 28.9 Å². The Morgan fingerprint density at radius 2 is 1.72 bits per heavy atom. The number of rotatable bonds is 12. The van der Waals surface area contributed by atoms with Crippen molar-refractivity contribution in [3.63, 3.8) is 0 Å². The van der Waals surface area contributed by atoms with E-state index in [4.69, 9.17) is 19.0 Å². The summed E-state index contributed by atoms with van der Waals surface area (Å²) in [6.45, 7) is 4.74. The van der Waals surface area contributed by atoms with Crippen molar-refractivity contribution < 1.29 is 13.3 Å². The van der Waals surface area contributed by atoms with Crippen LogP contribution in [0.3, 0.4) is 0 Å². The predicted octanol–water partition coefficient (Wildman–Crippen LogP) is -1.61. The number of nitrogens with one attached hydrogen (secondary N) is 1. The lowest BCUT2D eigenvalue weighted by Crippen LogP contribution is -2.43. The Bertz CT molecular complexity index is 189. The molecule has 0 amide bonds. The summed E-state index contributed by atoms with van der Waals surface area (Å²) in [5.74, 6) is 0. The molecule has 0 radical (unpaired) electrons. The molecule has 0 atom stereocenters. The van der Waals surface area contributed by atoms with Crippen molar-refractivity contribution in [3.8, 4) is 0 Å². The number of nitrogens with two attached hydrogens (primary N) is 1. The largest absolute Gasteiger partial charge is 0.500 e. The van der Waals surface area contributed by atoms with E-state index in [1.54, 1.807) is 21.3 Å². The van der Waals surface area contributed by atoms with Crippen LogP contribution in [0.2, 0.25) is 6.04 Å². The summed E-state index contributed by atoms with van der Waals surface area (Å²) in [5, 5.41) is 3.30. The molecule has 0 rings (SSSR count). The van der Waals surface area contributed by atoms with Crippen LogP contribution in [0.5, 0.6) is 0 Å². The lowest BCUT2D eigenvalue weighted by Gasteiger charge is -2.25. The Hall–Kier alpha value is 0.194. The van der Waals surface area contributed by atoms with Crippen molar-refractivity contribution in [3.05, 3.63) is 0 Å². The molecule has 3 N–H and O–H groups in total. The van der Waals surface area contributed by atoms with Gasteiger partial charge in [-0.3, -0.25) is 0 Å². The van der Waals surface area contributed by atoms with Crippen LogP contribution in [0.4, 0.5) is 0 Å². The van der Waals surface area contributed by atoms with Crippen molar-refractivity contribution in [2.45, 2.75) is 12.5 Å². The van der Waals surface area contributed by atoms with E-state index in [1.165, 1.54) is 0 Å². The molecule has 0 aromatic heterocycles. The van der Waals surface area contributed by atoms with E-state index in [0.717, 1.165) is 49.0 Å². The quantitative estimate of drug-likeness (QED) is 0.333. The average molecular weight is 296 g/mol. The molecule has 0 aromatic rings. The van der Waals surface area contributed by atoms with Gasteiger partial charge in [0.25, 0.3) is 0 Å². The molecule has 0 bridgehead atoms. The summed E-state index contributed by atoms with van der Waals surface area (Å²) < 4.78 is 18.6. The molecule has 0 aromatic carbocycles. The third kappa shape index (κ3) is 7.59. The minimum Gasteiger partial charge on any atom is -0.377 e. The maximum Gasteiger partial charge on any atom is 0.500 e. The molecule has 0 unspecified atom stereocenters. The zero-order chi connectivity index (χ0) is 13.9. The summed E-state index contributed by atoms with van der Waals surface area (Å²) in [4.78, 5) is 0. The minimum atomic E-state index is -2.37. The van der Waals surface area contributed by atoms with Gasteiger partial charge in [0.05, 0.1) is 10.4 Å². The Labute approximate surface area is 115 Å². The van der Waals surface area contributed by atoms with Crippen LogP contribution in [0.25, 0.3) is 0 Å². The minimum absolute atomic E-state index is 0.699. The van der Waals surface area contributed by atoms with Gasteiger partial charge in [-0.2, -0.15) is 0 Å². The van der Waals surface area contributed by atoms with Crippen molar-refractivity contribution in [1.82, 2.24) is 9.88 Å². The van der Waals surface area contributed by atoms with E-state index in [1.807, 2.05) is 0 Å². The predicted molar refractivity (Wildman–Crippen MR) is 79.6 cm³/mol. The fraction of sp³-hybridized carbons (Fsp3) is 1.00. The van der Waals surface area contributed by atoms with Crippen LogP contribution in [0.1, 0.15) is 6.42 Å². The maximum absolute atomic E-state index is 5.41. The number of hydrogen-bond donors (Lipinski definition) is 2. The zero-order valence-electron chi connectivity index (χ0n) is 12.2. The summed E-state index contributed by atoms with van der Waals surface area (Å²) in [6.07, 6.45) is 1.04. The highest BCUT2D eigenvalue weighted by Crippen LogP contribution is 2.14. The van der Waals surface area contributed by atoms with Crippen molar-refractivity contribution in [2.75, 3.05) is 54.1 Å². The third-order valence-electron chi connectivity index (χ3n) is 2.95. The molecule has 0 aliphatic rings. The van der Waals surface area contributed by atoms with Gasteiger partial charge in [-0.15, -0.1) is 0 Å². The summed E-state index contributed by atoms with van der Waals surface area (Å²) in [5.41, 5.74) is 5.41. The standard InChI is InChI=1S/C10H29N3O3Si2/c1-14-18(15-2,16-3)10-4-8-13(17)9-7-12-6-5-11/h12H,4-11H2,1-3,17H3. The first kappa shape index (κ1) is 18.2. The smallest absolute Gasteiger partial charge is 0.377 e. The van der Waals surface area contributed by atoms with E-state index in [9.17, 15) is 0 Å². The Morgan fingerprint density at radius 1 is 1.11 bits per heavy atom. The Kier molecular flexibility index (Phi) is 11.2. The van der Waals surface area contributed by atoms with Crippen molar-refractivity contribution in [2.24, 2.45) is 5.73 Å². The lowest BCUT2D eigenvalue weighted by molar-refractivity contribution is 0.122. The van der Waals surface area contributed by atoms with Gasteiger partial charge in [0, 0.05) is 53.6 Å². The molecule has 0 aliphatic heterocycles. The summed E-state index contributed by atoms with van der Waals surface area (Å²) in [7, 11) is 3.68. The number of nitrogens with zero attached hydrogens (tertiary/aromatic N) is 1. The highest BCUT2D eigenvalue weighted by molar-refractivity contribution is 6.60. The van der Waals surface area contributed by atoms with Crippen LogP contribution in [-0.2, 0) is 13.3 Å². The second kappa shape index (κ2) is 11.1. The first-order chi connectivity index (χ1) is 8.64. The molecule has 18 heavy (non-hydrogen) atoms. The van der Waals surface area contributed by atoms with Crippen LogP contribution in [0, 0.1) is 0 Å². The lowest BCUT2D eigenvalue weighted by atomic mass is 10.4. The molecule has 0 heterocycles. The van der Waals surface area contributed by atoms with Gasteiger partial charge in [0.2, 0.25) is 0 Å². The summed E-state index contributed by atoms with van der Waals surface area (Å²) in [6, 6.07) is 0.867. The van der Waals surface area contributed by atoms with Crippen LogP contribution in [-0.4, -0.2) is 77.8 Å². The maximum atomic E-state index is 5.41. The van der Waals surface area contributed by atoms with Gasteiger partial charge in [-0.25, -0.2) is 0 Å². The fourth-order valence-corrected chi connectivity index (χ4v) is 3.97. The number of hydrogen-bond acceptors (Lipinski definition) is 6. The average Bonchev–Trinajstić information content (AvgIpc) is 2.40. The topological polar surface area (TPSA) is 69.0 Å². The van der Waals surface area contributed by atoms with Crippen LogP contribution >= 0.6 is 0 Å². The zero-order valence-corrected chi connectivity index (χ0v) is 15.2. The van der Waals surface area contributed by atoms with Crippen LogP contribution in [0.15, 0.2) is 0 Å². The van der Waals surface area contributed by atoms with Crippen molar-refractivity contribution >= 4 is 19.2 Å². The Balaban J connectivity index is 3.68. The molecule has 0 fully saturated rings. The van der Waals surface area contributed by atoms with Gasteiger partial charge >= 0.3 is 8.80 Å². The molecule has 110 valence electrons. The van der Waals surface area contributed by atoms with E-state index >= 15 is 0 Å². The second-order valence-corrected chi connectivity index (χ2v) is 8.60. The first-order valence-electron chi connectivity index (χ1n) is 6.39. The van der Waals surface area contributed by atoms with Gasteiger partial charge in [0.1, 0.15) is 0 Å². The molecule has 0 saturated carbocycles. The first-order valence-corrected chi connectivity index (χ1v) is 9.21. The molecule has 6 nitrogen and oxygen atoms in total. The van der Waals surface area contributed by atoms with E-state index < -0.39 is 8.80 Å². The third-order valence-corrected chi connectivity index (χ3v) is 6.67. The highest BCUT2D eigenvalue weighted by Gasteiger charge is 2.36.